The Bertz CT molecular complexity index is 1140. The minimum atomic E-state index is -1.01. The predicted molar refractivity (Wildman–Crippen MR) is 123 cm³/mol. The van der Waals surface area contributed by atoms with Crippen LogP contribution in [0.5, 0.6) is 17.2 Å². The summed E-state index contributed by atoms with van der Waals surface area (Å²) in [5.41, 5.74) is 2.96. The SMILES string of the molecule is COc1cccc(-c2cc(F)cc3c2OC(CN(CCc2ccccc2)C(=O)O)C3)c1OC. The van der Waals surface area contributed by atoms with Gasteiger partial charge in [-0.25, -0.2) is 9.18 Å². The van der Waals surface area contributed by atoms with Gasteiger partial charge in [0.1, 0.15) is 17.7 Å². The molecule has 6 nitrogen and oxygen atoms in total. The maximum absolute atomic E-state index is 14.5. The lowest BCUT2D eigenvalue weighted by Crippen LogP contribution is -2.39. The van der Waals surface area contributed by atoms with Crippen molar-refractivity contribution in [1.29, 1.82) is 0 Å². The highest BCUT2D eigenvalue weighted by Gasteiger charge is 2.31. The Morgan fingerprint density at radius 3 is 2.58 bits per heavy atom. The van der Waals surface area contributed by atoms with Crippen molar-refractivity contribution in [2.75, 3.05) is 27.3 Å². The fraction of sp³-hybridized carbons (Fsp3) is 0.269. The molecule has 3 aromatic rings. The van der Waals surface area contributed by atoms with Crippen LogP contribution in [0.2, 0.25) is 0 Å². The average molecular weight is 451 g/mol. The Balaban J connectivity index is 1.56. The molecule has 0 aromatic heterocycles. The third kappa shape index (κ3) is 4.87. The molecule has 4 rings (SSSR count). The second-order valence-corrected chi connectivity index (χ2v) is 7.89. The van der Waals surface area contributed by atoms with Crippen LogP contribution in [0.25, 0.3) is 11.1 Å². The van der Waals surface area contributed by atoms with Gasteiger partial charge in [0.25, 0.3) is 0 Å². The summed E-state index contributed by atoms with van der Waals surface area (Å²) >= 11 is 0. The van der Waals surface area contributed by atoms with Crippen molar-refractivity contribution >= 4 is 6.09 Å². The van der Waals surface area contributed by atoms with E-state index in [2.05, 4.69) is 0 Å². The van der Waals surface area contributed by atoms with E-state index in [4.69, 9.17) is 14.2 Å². The van der Waals surface area contributed by atoms with Crippen molar-refractivity contribution in [2.45, 2.75) is 18.9 Å². The number of carbonyl (C=O) groups is 1. The van der Waals surface area contributed by atoms with E-state index in [9.17, 15) is 14.3 Å². The number of methoxy groups -OCH3 is 2. The first kappa shape index (κ1) is 22.5. The molecular formula is C26H26FNO5. The molecule has 1 aliphatic heterocycles. The van der Waals surface area contributed by atoms with Gasteiger partial charge in [-0.3, -0.25) is 0 Å². The van der Waals surface area contributed by atoms with Crippen LogP contribution in [0.4, 0.5) is 9.18 Å². The number of fused-ring (bicyclic) bond motifs is 1. The minimum absolute atomic E-state index is 0.188. The van der Waals surface area contributed by atoms with Crippen molar-refractivity contribution in [3.05, 3.63) is 77.6 Å². The van der Waals surface area contributed by atoms with E-state index in [1.807, 2.05) is 36.4 Å². The number of halogens is 1. The van der Waals surface area contributed by atoms with Crippen molar-refractivity contribution in [3.63, 3.8) is 0 Å². The van der Waals surface area contributed by atoms with E-state index in [1.54, 1.807) is 19.2 Å². The first-order chi connectivity index (χ1) is 16.0. The van der Waals surface area contributed by atoms with Gasteiger partial charge in [0.15, 0.2) is 11.5 Å². The molecule has 1 atom stereocenters. The normalized spacial score (nSPS) is 14.3. The predicted octanol–water partition coefficient (Wildman–Crippen LogP) is 5.04. The second-order valence-electron chi connectivity index (χ2n) is 7.89. The summed E-state index contributed by atoms with van der Waals surface area (Å²) in [6.07, 6.45) is -0.398. The number of para-hydroxylation sites is 1. The monoisotopic (exact) mass is 451 g/mol. The smallest absolute Gasteiger partial charge is 0.407 e. The molecule has 0 radical (unpaired) electrons. The molecule has 0 bridgehead atoms. The van der Waals surface area contributed by atoms with Crippen LogP contribution in [0.3, 0.4) is 0 Å². The highest BCUT2D eigenvalue weighted by Crippen LogP contribution is 2.45. The quantitative estimate of drug-likeness (QED) is 0.520. The van der Waals surface area contributed by atoms with E-state index >= 15 is 0 Å². The number of rotatable bonds is 8. The molecule has 0 fully saturated rings. The molecule has 3 aromatic carbocycles. The lowest BCUT2D eigenvalue weighted by Gasteiger charge is -2.23. The zero-order valence-electron chi connectivity index (χ0n) is 18.6. The van der Waals surface area contributed by atoms with Gasteiger partial charge in [0.2, 0.25) is 0 Å². The first-order valence-electron chi connectivity index (χ1n) is 10.7. The molecule has 1 aliphatic rings. The Morgan fingerprint density at radius 1 is 1.09 bits per heavy atom. The molecule has 33 heavy (non-hydrogen) atoms. The lowest BCUT2D eigenvalue weighted by molar-refractivity contribution is 0.117. The fourth-order valence-electron chi connectivity index (χ4n) is 4.22. The average Bonchev–Trinajstić information content (AvgIpc) is 3.23. The Labute approximate surface area is 192 Å². The molecule has 1 unspecified atom stereocenters. The van der Waals surface area contributed by atoms with E-state index in [1.165, 1.54) is 24.1 Å². The zero-order valence-corrected chi connectivity index (χ0v) is 18.6. The van der Waals surface area contributed by atoms with Crippen LogP contribution in [-0.4, -0.2) is 49.5 Å². The number of nitrogens with zero attached hydrogens (tertiary/aromatic N) is 1. The van der Waals surface area contributed by atoms with Gasteiger partial charge >= 0.3 is 6.09 Å². The second kappa shape index (κ2) is 9.81. The van der Waals surface area contributed by atoms with Gasteiger partial charge in [-0.15, -0.1) is 0 Å². The molecule has 0 spiro atoms. The summed E-state index contributed by atoms with van der Waals surface area (Å²) in [6.45, 7) is 0.535. The summed E-state index contributed by atoms with van der Waals surface area (Å²) in [6, 6.07) is 18.0. The Hall–Kier alpha value is -3.74. The molecule has 7 heteroatoms. The standard InChI is InChI=1S/C26H26FNO5/c1-31-23-10-6-9-21(25(23)32-2)22-15-19(27)13-18-14-20(33-24(18)22)16-28(26(29)30)12-11-17-7-4-3-5-8-17/h3-10,13,15,20H,11-12,14,16H2,1-2H3,(H,29,30). The highest BCUT2D eigenvalue weighted by molar-refractivity contribution is 5.80. The van der Waals surface area contributed by atoms with Crippen LogP contribution >= 0.6 is 0 Å². The van der Waals surface area contributed by atoms with Crippen LogP contribution in [-0.2, 0) is 12.8 Å². The summed E-state index contributed by atoms with van der Waals surface area (Å²) < 4.78 is 31.6. The van der Waals surface area contributed by atoms with Crippen molar-refractivity contribution in [1.82, 2.24) is 4.90 Å². The maximum atomic E-state index is 14.5. The molecule has 0 saturated carbocycles. The maximum Gasteiger partial charge on any atom is 0.407 e. The van der Waals surface area contributed by atoms with E-state index in [0.717, 1.165) is 5.56 Å². The summed E-state index contributed by atoms with van der Waals surface area (Å²) in [4.78, 5) is 13.2. The van der Waals surface area contributed by atoms with Crippen molar-refractivity contribution in [3.8, 4) is 28.4 Å². The van der Waals surface area contributed by atoms with E-state index < -0.39 is 18.0 Å². The third-order valence-corrected chi connectivity index (χ3v) is 5.76. The van der Waals surface area contributed by atoms with Crippen LogP contribution in [0, 0.1) is 5.82 Å². The Morgan fingerprint density at radius 2 is 1.88 bits per heavy atom. The minimum Gasteiger partial charge on any atom is -0.493 e. The molecule has 1 N–H and O–H groups in total. The van der Waals surface area contributed by atoms with Crippen LogP contribution < -0.4 is 14.2 Å². The summed E-state index contributed by atoms with van der Waals surface area (Å²) in [5.74, 6) is 1.16. The number of hydrogen-bond acceptors (Lipinski definition) is 4. The molecule has 0 saturated heterocycles. The van der Waals surface area contributed by atoms with Gasteiger partial charge in [-0.05, 0) is 30.2 Å². The van der Waals surface area contributed by atoms with Crippen LogP contribution in [0.1, 0.15) is 11.1 Å². The van der Waals surface area contributed by atoms with Crippen molar-refractivity contribution < 1.29 is 28.5 Å². The van der Waals surface area contributed by atoms with E-state index in [-0.39, 0.29) is 6.54 Å². The molecule has 1 amide bonds. The molecule has 1 heterocycles. The number of carboxylic acid groups (broad SMARTS) is 1. The van der Waals surface area contributed by atoms with E-state index in [0.29, 0.717) is 53.3 Å². The number of hydrogen-bond donors (Lipinski definition) is 1. The van der Waals surface area contributed by atoms with Gasteiger partial charge in [0.05, 0.1) is 20.8 Å². The largest absolute Gasteiger partial charge is 0.493 e. The lowest BCUT2D eigenvalue weighted by atomic mass is 9.99. The number of amides is 1. The van der Waals surface area contributed by atoms with Gasteiger partial charge in [0, 0.05) is 29.7 Å². The van der Waals surface area contributed by atoms with Gasteiger partial charge < -0.3 is 24.2 Å². The van der Waals surface area contributed by atoms with Crippen LogP contribution in [0.15, 0.2) is 60.7 Å². The van der Waals surface area contributed by atoms with Crippen molar-refractivity contribution in [2.24, 2.45) is 0 Å². The first-order valence-corrected chi connectivity index (χ1v) is 10.7. The topological polar surface area (TPSA) is 68.2 Å². The number of ether oxygens (including phenoxy) is 3. The molecular weight excluding hydrogens is 425 g/mol. The highest BCUT2D eigenvalue weighted by atomic mass is 19.1. The Kier molecular flexibility index (Phi) is 6.68. The third-order valence-electron chi connectivity index (χ3n) is 5.76. The zero-order chi connectivity index (χ0) is 23.4. The molecule has 0 aliphatic carbocycles. The van der Waals surface area contributed by atoms with Gasteiger partial charge in [-0.1, -0.05) is 42.5 Å². The number of benzene rings is 3. The summed E-state index contributed by atoms with van der Waals surface area (Å²) in [7, 11) is 3.07. The fourth-order valence-corrected chi connectivity index (χ4v) is 4.22. The summed E-state index contributed by atoms with van der Waals surface area (Å²) in [5, 5.41) is 9.71. The van der Waals surface area contributed by atoms with Gasteiger partial charge in [-0.2, -0.15) is 0 Å². The molecule has 172 valence electrons.